The summed E-state index contributed by atoms with van der Waals surface area (Å²) >= 11 is 0. The maximum absolute atomic E-state index is 11.4. The van der Waals surface area contributed by atoms with Crippen LogP contribution in [-0.2, 0) is 0 Å². The fourth-order valence-electron chi connectivity index (χ4n) is 1.75. The average Bonchev–Trinajstić information content (AvgIpc) is 2.48. The predicted octanol–water partition coefficient (Wildman–Crippen LogP) is 2.80. The molecule has 0 saturated heterocycles. The molecule has 0 aromatic heterocycles. The third kappa shape index (κ3) is 3.04. The summed E-state index contributed by atoms with van der Waals surface area (Å²) < 4.78 is 5.27. The van der Waals surface area contributed by atoms with Crippen LogP contribution in [0.1, 0.15) is 10.4 Å². The van der Waals surface area contributed by atoms with Gasteiger partial charge in [-0.2, -0.15) is 0 Å². The molecule has 0 aliphatic rings. The van der Waals surface area contributed by atoms with E-state index in [9.17, 15) is 4.79 Å². The number of carbonyl (C=O) groups is 1. The van der Waals surface area contributed by atoms with E-state index in [1.165, 1.54) is 0 Å². The number of hydrogen-bond donors (Lipinski definition) is 2. The minimum absolute atomic E-state index is 0.0937. The normalized spacial score (nSPS) is 9.79. The van der Waals surface area contributed by atoms with E-state index >= 15 is 0 Å². The molecule has 2 N–H and O–H groups in total. The summed E-state index contributed by atoms with van der Waals surface area (Å²) in [6, 6.07) is 14.9. The van der Waals surface area contributed by atoms with Gasteiger partial charge in [0.1, 0.15) is 5.75 Å². The lowest BCUT2D eigenvalue weighted by atomic mass is 10.2. The number of carbonyl (C=O) groups excluding carboxylic acids is 1. The highest BCUT2D eigenvalue weighted by molar-refractivity contribution is 5.94. The van der Waals surface area contributed by atoms with Crippen molar-refractivity contribution >= 4 is 17.3 Å². The van der Waals surface area contributed by atoms with Crippen LogP contribution in [-0.4, -0.2) is 20.1 Å². The van der Waals surface area contributed by atoms with Gasteiger partial charge in [-0.1, -0.05) is 12.1 Å². The van der Waals surface area contributed by atoms with Crippen molar-refractivity contribution in [3.05, 3.63) is 54.1 Å². The Hall–Kier alpha value is -2.49. The summed E-state index contributed by atoms with van der Waals surface area (Å²) in [4.78, 5) is 11.4. The first kappa shape index (κ1) is 13.0. The number of para-hydroxylation sites is 2. The maximum Gasteiger partial charge on any atom is 0.251 e. The van der Waals surface area contributed by atoms with E-state index in [-0.39, 0.29) is 5.91 Å². The van der Waals surface area contributed by atoms with Crippen LogP contribution in [0.4, 0.5) is 11.4 Å². The Morgan fingerprint density at radius 2 is 1.74 bits per heavy atom. The van der Waals surface area contributed by atoms with Crippen molar-refractivity contribution < 1.29 is 9.53 Å². The third-order valence-corrected chi connectivity index (χ3v) is 2.76. The molecule has 0 heterocycles. The molecule has 0 saturated carbocycles. The lowest BCUT2D eigenvalue weighted by molar-refractivity contribution is 0.0963. The molecule has 4 nitrogen and oxygen atoms in total. The molecule has 0 atom stereocenters. The first-order valence-electron chi connectivity index (χ1n) is 5.97. The molecule has 0 radical (unpaired) electrons. The second kappa shape index (κ2) is 5.91. The number of nitrogens with one attached hydrogen (secondary N) is 2. The monoisotopic (exact) mass is 256 g/mol. The van der Waals surface area contributed by atoms with Gasteiger partial charge in [-0.3, -0.25) is 4.79 Å². The van der Waals surface area contributed by atoms with Crippen molar-refractivity contribution in [2.45, 2.75) is 0 Å². The Balaban J connectivity index is 2.17. The number of hydrogen-bond acceptors (Lipinski definition) is 3. The number of benzene rings is 2. The SMILES string of the molecule is CNC(=O)c1ccc(Nc2ccccc2OC)cc1. The van der Waals surface area contributed by atoms with Crippen LogP contribution in [0.3, 0.4) is 0 Å². The lowest BCUT2D eigenvalue weighted by Gasteiger charge is -2.11. The van der Waals surface area contributed by atoms with Gasteiger partial charge in [-0.25, -0.2) is 0 Å². The van der Waals surface area contributed by atoms with Gasteiger partial charge in [0.2, 0.25) is 0 Å². The molecule has 19 heavy (non-hydrogen) atoms. The number of rotatable bonds is 4. The van der Waals surface area contributed by atoms with Crippen LogP contribution < -0.4 is 15.4 Å². The molecule has 1 amide bonds. The second-order valence-electron chi connectivity index (χ2n) is 3.98. The van der Waals surface area contributed by atoms with E-state index in [1.54, 1.807) is 26.3 Å². The molecule has 0 bridgehead atoms. The molecule has 0 unspecified atom stereocenters. The Morgan fingerprint density at radius 1 is 1.05 bits per heavy atom. The number of anilines is 2. The van der Waals surface area contributed by atoms with Gasteiger partial charge in [0, 0.05) is 18.3 Å². The van der Waals surface area contributed by atoms with Crippen LogP contribution in [0.25, 0.3) is 0 Å². The predicted molar refractivity (Wildman–Crippen MR) is 76.1 cm³/mol. The molecular formula is C15H16N2O2. The molecule has 2 rings (SSSR count). The van der Waals surface area contributed by atoms with Gasteiger partial charge in [-0.15, -0.1) is 0 Å². The van der Waals surface area contributed by atoms with Crippen molar-refractivity contribution in [2.75, 3.05) is 19.5 Å². The topological polar surface area (TPSA) is 50.4 Å². The molecule has 0 spiro atoms. The molecular weight excluding hydrogens is 240 g/mol. The first-order valence-corrected chi connectivity index (χ1v) is 5.97. The summed E-state index contributed by atoms with van der Waals surface area (Å²) in [5.74, 6) is 0.682. The van der Waals surface area contributed by atoms with Gasteiger partial charge in [0.05, 0.1) is 12.8 Å². The van der Waals surface area contributed by atoms with Gasteiger partial charge in [0.15, 0.2) is 0 Å². The standard InChI is InChI=1S/C15H16N2O2/c1-16-15(18)11-7-9-12(10-8-11)17-13-5-3-4-6-14(13)19-2/h3-10,17H,1-2H3,(H,16,18). The number of ether oxygens (including phenoxy) is 1. The van der Waals surface area contributed by atoms with Crippen molar-refractivity contribution in [1.82, 2.24) is 5.32 Å². The van der Waals surface area contributed by atoms with Crippen LogP contribution in [0, 0.1) is 0 Å². The van der Waals surface area contributed by atoms with Gasteiger partial charge >= 0.3 is 0 Å². The van der Waals surface area contributed by atoms with Gasteiger partial charge < -0.3 is 15.4 Å². The molecule has 0 fully saturated rings. The Bertz CT molecular complexity index is 565. The number of amides is 1. The zero-order chi connectivity index (χ0) is 13.7. The van der Waals surface area contributed by atoms with E-state index in [1.807, 2.05) is 36.4 Å². The largest absolute Gasteiger partial charge is 0.495 e. The minimum atomic E-state index is -0.0937. The van der Waals surface area contributed by atoms with E-state index in [0.717, 1.165) is 17.1 Å². The van der Waals surface area contributed by atoms with Crippen LogP contribution in [0.15, 0.2) is 48.5 Å². The fraction of sp³-hybridized carbons (Fsp3) is 0.133. The molecule has 0 aliphatic carbocycles. The van der Waals surface area contributed by atoms with Gasteiger partial charge in [-0.05, 0) is 36.4 Å². The summed E-state index contributed by atoms with van der Waals surface area (Å²) in [5, 5.41) is 5.84. The van der Waals surface area contributed by atoms with Crippen molar-refractivity contribution in [3.63, 3.8) is 0 Å². The van der Waals surface area contributed by atoms with E-state index < -0.39 is 0 Å². The quantitative estimate of drug-likeness (QED) is 0.884. The van der Waals surface area contributed by atoms with E-state index in [0.29, 0.717) is 5.56 Å². The highest BCUT2D eigenvalue weighted by Crippen LogP contribution is 2.26. The highest BCUT2D eigenvalue weighted by atomic mass is 16.5. The zero-order valence-corrected chi connectivity index (χ0v) is 10.9. The third-order valence-electron chi connectivity index (χ3n) is 2.76. The summed E-state index contributed by atoms with van der Waals surface area (Å²) in [5.41, 5.74) is 2.42. The minimum Gasteiger partial charge on any atom is -0.495 e. The molecule has 2 aromatic carbocycles. The van der Waals surface area contributed by atoms with E-state index in [2.05, 4.69) is 10.6 Å². The molecule has 4 heteroatoms. The van der Waals surface area contributed by atoms with Gasteiger partial charge in [0.25, 0.3) is 5.91 Å². The molecule has 2 aromatic rings. The average molecular weight is 256 g/mol. The summed E-state index contributed by atoms with van der Waals surface area (Å²) in [7, 11) is 3.25. The second-order valence-corrected chi connectivity index (χ2v) is 3.98. The van der Waals surface area contributed by atoms with Crippen molar-refractivity contribution in [1.29, 1.82) is 0 Å². The zero-order valence-electron chi connectivity index (χ0n) is 10.9. The van der Waals surface area contributed by atoms with E-state index in [4.69, 9.17) is 4.74 Å². The Labute approximate surface area is 112 Å². The smallest absolute Gasteiger partial charge is 0.251 e. The molecule has 98 valence electrons. The fourth-order valence-corrected chi connectivity index (χ4v) is 1.75. The van der Waals surface area contributed by atoms with Crippen molar-refractivity contribution in [3.8, 4) is 5.75 Å². The van der Waals surface area contributed by atoms with Crippen LogP contribution in [0.2, 0.25) is 0 Å². The summed E-state index contributed by atoms with van der Waals surface area (Å²) in [6.07, 6.45) is 0. The lowest BCUT2D eigenvalue weighted by Crippen LogP contribution is -2.17. The highest BCUT2D eigenvalue weighted by Gasteiger charge is 2.04. The summed E-state index contributed by atoms with van der Waals surface area (Å²) in [6.45, 7) is 0. The molecule has 0 aliphatic heterocycles. The number of methoxy groups -OCH3 is 1. The van der Waals surface area contributed by atoms with Crippen molar-refractivity contribution in [2.24, 2.45) is 0 Å². The maximum atomic E-state index is 11.4. The Kier molecular flexibility index (Phi) is 4.03. The Morgan fingerprint density at radius 3 is 2.37 bits per heavy atom. The first-order chi connectivity index (χ1) is 9.24. The van der Waals surface area contributed by atoms with Crippen LogP contribution >= 0.6 is 0 Å². The van der Waals surface area contributed by atoms with Crippen LogP contribution in [0.5, 0.6) is 5.75 Å².